The average Bonchev–Trinajstić information content (AvgIpc) is 3.32. The van der Waals surface area contributed by atoms with Gasteiger partial charge in [0.15, 0.2) is 0 Å². The predicted octanol–water partition coefficient (Wildman–Crippen LogP) is -4.76. The normalized spacial score (nSPS) is 15.1. The Bertz CT molecular complexity index is 2080. The lowest BCUT2D eigenvalue weighted by atomic mass is 9.96. The van der Waals surface area contributed by atoms with Crippen LogP contribution in [-0.4, -0.2) is 160 Å². The molecule has 0 bridgehead atoms. The fourth-order valence-corrected chi connectivity index (χ4v) is 6.79. The Morgan fingerprint density at radius 2 is 1.11 bits per heavy atom. The van der Waals surface area contributed by atoms with Gasteiger partial charge in [-0.2, -0.15) is 0 Å². The number of aliphatic hydroxyl groups is 1. The Morgan fingerprint density at radius 3 is 1.64 bits per heavy atom. The number of amides is 10. The number of aliphatic carboxylic acids is 2. The lowest BCUT2D eigenvalue weighted by Gasteiger charge is -2.30. The van der Waals surface area contributed by atoms with Gasteiger partial charge in [-0.05, 0) is 69.9 Å². The van der Waals surface area contributed by atoms with E-state index in [1.165, 1.54) is 20.8 Å². The number of hydrogen-bond acceptors (Lipinski definition) is 15. The summed E-state index contributed by atoms with van der Waals surface area (Å²) in [5.74, 6) is -13.7. The summed E-state index contributed by atoms with van der Waals surface area (Å²) < 4.78 is 0. The van der Waals surface area contributed by atoms with Gasteiger partial charge < -0.3 is 80.4 Å². The molecule has 0 saturated heterocycles. The van der Waals surface area contributed by atoms with Crippen LogP contribution >= 0.6 is 0 Å². The summed E-state index contributed by atoms with van der Waals surface area (Å²) >= 11 is 0. The van der Waals surface area contributed by atoms with Gasteiger partial charge in [-0.25, -0.2) is 4.79 Å². The van der Waals surface area contributed by atoms with E-state index in [1.54, 1.807) is 44.2 Å². The summed E-state index contributed by atoms with van der Waals surface area (Å²) in [4.78, 5) is 154. The van der Waals surface area contributed by atoms with Crippen LogP contribution in [0.1, 0.15) is 92.1 Å². The summed E-state index contributed by atoms with van der Waals surface area (Å²) in [7, 11) is 0. The highest BCUT2D eigenvalue weighted by Gasteiger charge is 2.37. The molecule has 0 spiro atoms. The zero-order valence-corrected chi connectivity index (χ0v) is 42.0. The van der Waals surface area contributed by atoms with Gasteiger partial charge in [0.1, 0.15) is 42.3 Å². The molecule has 0 aliphatic carbocycles. The topological polar surface area (TPSA) is 452 Å². The molecule has 0 unspecified atom stereocenters. The van der Waals surface area contributed by atoms with Gasteiger partial charge in [-0.15, -0.1) is 0 Å². The lowest BCUT2D eigenvalue weighted by molar-refractivity contribution is -0.143. The number of aliphatic hydroxyl groups excluding tert-OH is 1. The number of rotatable bonds is 34. The van der Waals surface area contributed by atoms with Crippen molar-refractivity contribution in [1.29, 1.82) is 0 Å². The first kappa shape index (κ1) is 63.8. The molecule has 10 amide bonds. The first-order valence-corrected chi connectivity index (χ1v) is 23.8. The second kappa shape index (κ2) is 32.7. The zero-order valence-electron chi connectivity index (χ0n) is 42.0. The number of benzene rings is 1. The summed E-state index contributed by atoms with van der Waals surface area (Å²) in [5, 5.41) is 50.6. The third-order valence-corrected chi connectivity index (χ3v) is 11.3. The summed E-state index contributed by atoms with van der Waals surface area (Å²) in [6, 6.07) is -2.71. The van der Waals surface area contributed by atoms with E-state index in [1.807, 2.05) is 0 Å². The minimum atomic E-state index is -1.84. The number of unbranched alkanes of at least 4 members (excludes halogenated alkanes) is 1. The van der Waals surface area contributed by atoms with E-state index in [4.69, 9.17) is 17.2 Å². The van der Waals surface area contributed by atoms with Crippen molar-refractivity contribution < 1.29 is 72.9 Å². The third kappa shape index (κ3) is 24.1. The number of primary amides is 1. The average molecular weight is 1040 g/mol. The van der Waals surface area contributed by atoms with Crippen LogP contribution in [0.3, 0.4) is 0 Å². The number of carbonyl (C=O) groups is 12. The van der Waals surface area contributed by atoms with E-state index in [-0.39, 0.29) is 12.8 Å². The van der Waals surface area contributed by atoms with Crippen LogP contribution in [0, 0.1) is 11.8 Å². The molecular weight excluding hydrogens is 961 g/mol. The Balaban J connectivity index is 3.07. The molecule has 0 aliphatic heterocycles. The highest BCUT2D eigenvalue weighted by Crippen LogP contribution is 2.13. The zero-order chi connectivity index (χ0) is 55.5. The molecule has 1 aromatic carbocycles. The molecule has 18 N–H and O–H groups in total. The molecular formula is C46H74N12O15. The van der Waals surface area contributed by atoms with Crippen LogP contribution in [-0.2, 0) is 64.0 Å². The molecule has 0 saturated carbocycles. The molecule has 27 nitrogen and oxygen atoms in total. The standard InChI is InChI=1S/C46H74N12O15/c1-7-24(4)37(44(70)54-30(46(72)73)15-11-12-18-47)58-41(67)29(16-17-35(63)64)53-43(69)36(23(2)3)57-42(68)31(20-32(49)60)55-45(71)38(26(6)59)56-34(62)22-50-39(65)25(5)52-33(61)21-51-40(66)28(48)19-27-13-9-8-10-14-27/h8-10,13-14,23-26,28-31,36-38,59H,7,11-12,15-22,47-48H2,1-6H3,(H2,49,60)(H,50,65)(H,51,66)(H,52,61)(H,53,69)(H,54,70)(H,55,71)(H,56,62)(H,57,68)(H,58,67)(H,63,64)(H,72,73)/t24-,25-,26+,28-,29-,30-,31-,36-,37-,38-/m0/s1. The molecule has 0 heterocycles. The van der Waals surface area contributed by atoms with E-state index in [0.29, 0.717) is 25.8 Å². The maximum Gasteiger partial charge on any atom is 0.326 e. The van der Waals surface area contributed by atoms with Crippen molar-refractivity contribution in [3.05, 3.63) is 35.9 Å². The van der Waals surface area contributed by atoms with Crippen molar-refractivity contribution in [2.45, 2.75) is 147 Å². The van der Waals surface area contributed by atoms with E-state index in [2.05, 4.69) is 47.9 Å². The molecule has 0 radical (unpaired) electrons. The quantitative estimate of drug-likeness (QED) is 0.0288. The van der Waals surface area contributed by atoms with Crippen LogP contribution in [0.15, 0.2) is 30.3 Å². The Morgan fingerprint density at radius 1 is 0.589 bits per heavy atom. The second-order valence-electron chi connectivity index (χ2n) is 17.8. The van der Waals surface area contributed by atoms with Crippen molar-refractivity contribution in [1.82, 2.24) is 47.9 Å². The van der Waals surface area contributed by atoms with E-state index < -0.39 is 170 Å². The molecule has 73 heavy (non-hydrogen) atoms. The number of carboxylic acids is 2. The molecule has 10 atom stereocenters. The SMILES string of the molecule is CC[C@H](C)[C@H](NC(=O)[C@H](CCC(=O)O)NC(=O)[C@@H](NC(=O)[C@H](CC(N)=O)NC(=O)[C@@H](NC(=O)CNC(=O)[C@H](C)NC(=O)CNC(=O)[C@@H](N)Cc1ccccc1)[C@@H](C)O)C(C)C)C(=O)N[C@@H](CCCCN)C(=O)O. The Labute approximate surface area is 422 Å². The molecule has 1 aromatic rings. The van der Waals surface area contributed by atoms with E-state index in [9.17, 15) is 72.9 Å². The molecule has 0 aromatic heterocycles. The number of hydrogen-bond donors (Lipinski definition) is 15. The van der Waals surface area contributed by atoms with Crippen molar-refractivity contribution in [2.75, 3.05) is 19.6 Å². The lowest BCUT2D eigenvalue weighted by Crippen LogP contribution is -2.62. The van der Waals surface area contributed by atoms with Gasteiger partial charge in [0, 0.05) is 6.42 Å². The van der Waals surface area contributed by atoms with Crippen LogP contribution in [0.4, 0.5) is 0 Å². The summed E-state index contributed by atoms with van der Waals surface area (Å²) in [5.41, 5.74) is 17.6. The van der Waals surface area contributed by atoms with E-state index >= 15 is 0 Å². The van der Waals surface area contributed by atoms with Crippen molar-refractivity contribution in [3.63, 3.8) is 0 Å². The maximum atomic E-state index is 13.8. The number of carboxylic acid groups (broad SMARTS) is 2. The highest BCUT2D eigenvalue weighted by molar-refractivity contribution is 5.99. The molecule has 408 valence electrons. The summed E-state index contributed by atoms with van der Waals surface area (Å²) in [6.45, 7) is 7.65. The van der Waals surface area contributed by atoms with Crippen molar-refractivity contribution in [3.8, 4) is 0 Å². The number of nitrogens with two attached hydrogens (primary N) is 3. The van der Waals surface area contributed by atoms with Crippen LogP contribution < -0.4 is 65.1 Å². The first-order valence-electron chi connectivity index (χ1n) is 23.8. The second-order valence-corrected chi connectivity index (χ2v) is 17.8. The fraction of sp³-hybridized carbons (Fsp3) is 0.609. The van der Waals surface area contributed by atoms with Gasteiger partial charge in [0.25, 0.3) is 0 Å². The Kier molecular flexibility index (Phi) is 28.5. The van der Waals surface area contributed by atoms with Crippen molar-refractivity contribution in [2.24, 2.45) is 29.0 Å². The molecule has 27 heteroatoms. The van der Waals surface area contributed by atoms with E-state index in [0.717, 1.165) is 12.5 Å². The van der Waals surface area contributed by atoms with Gasteiger partial charge in [-0.3, -0.25) is 52.7 Å². The van der Waals surface area contributed by atoms with Crippen molar-refractivity contribution >= 4 is 71.0 Å². The first-order chi connectivity index (χ1) is 34.2. The van der Waals surface area contributed by atoms with Gasteiger partial charge >= 0.3 is 11.9 Å². The van der Waals surface area contributed by atoms with Crippen LogP contribution in [0.25, 0.3) is 0 Å². The number of carbonyl (C=O) groups excluding carboxylic acids is 10. The molecule has 1 rings (SSSR count). The van der Waals surface area contributed by atoms with Gasteiger partial charge in [0.2, 0.25) is 59.1 Å². The highest BCUT2D eigenvalue weighted by atomic mass is 16.4. The smallest absolute Gasteiger partial charge is 0.326 e. The minimum absolute atomic E-state index is 0.0472. The third-order valence-electron chi connectivity index (χ3n) is 11.3. The van der Waals surface area contributed by atoms with Crippen LogP contribution in [0.2, 0.25) is 0 Å². The minimum Gasteiger partial charge on any atom is -0.481 e. The van der Waals surface area contributed by atoms with Gasteiger partial charge in [-0.1, -0.05) is 64.4 Å². The largest absolute Gasteiger partial charge is 0.481 e. The predicted molar refractivity (Wildman–Crippen MR) is 261 cm³/mol. The number of nitrogens with one attached hydrogen (secondary N) is 9. The summed E-state index contributed by atoms with van der Waals surface area (Å²) in [6.07, 6.45) is -2.21. The van der Waals surface area contributed by atoms with Crippen LogP contribution in [0.5, 0.6) is 0 Å². The monoisotopic (exact) mass is 1030 g/mol. The molecule has 0 fully saturated rings. The van der Waals surface area contributed by atoms with Gasteiger partial charge in [0.05, 0.1) is 31.7 Å². The maximum absolute atomic E-state index is 13.8. The molecule has 0 aliphatic rings. The Hall–Kier alpha value is -7.26. The fourth-order valence-electron chi connectivity index (χ4n) is 6.79.